The lowest BCUT2D eigenvalue weighted by Gasteiger charge is -2.16. The van der Waals surface area contributed by atoms with Crippen LogP contribution >= 0.6 is 11.6 Å². The molecule has 0 aliphatic heterocycles. The Balaban J connectivity index is 2.78. The van der Waals surface area contributed by atoms with Crippen molar-refractivity contribution in [3.05, 3.63) is 28.8 Å². The topological polar surface area (TPSA) is 66.4 Å². The maximum atomic E-state index is 11.9. The number of hydrogen-bond donors (Lipinski definition) is 2. The van der Waals surface area contributed by atoms with E-state index in [1.807, 2.05) is 13.0 Å². The van der Waals surface area contributed by atoms with Crippen LogP contribution in [0, 0.1) is 18.8 Å². The lowest BCUT2D eigenvalue weighted by Crippen LogP contribution is -2.30. The molecule has 0 aromatic heterocycles. The molecule has 0 fully saturated rings. The fourth-order valence-electron chi connectivity index (χ4n) is 1.41. The van der Waals surface area contributed by atoms with Crippen LogP contribution in [0.25, 0.3) is 0 Å². The molecule has 2 unspecified atom stereocenters. The molecule has 5 heteroatoms. The van der Waals surface area contributed by atoms with E-state index < -0.39 is 17.8 Å². The second-order valence-electron chi connectivity index (χ2n) is 4.39. The minimum absolute atomic E-state index is 0.351. The lowest BCUT2D eigenvalue weighted by molar-refractivity contribution is -0.145. The molecule has 0 saturated carbocycles. The Kier molecular flexibility index (Phi) is 4.73. The number of rotatable bonds is 4. The Hall–Kier alpha value is -1.55. The Morgan fingerprint density at radius 1 is 1.28 bits per heavy atom. The van der Waals surface area contributed by atoms with Gasteiger partial charge in [0.2, 0.25) is 5.91 Å². The number of hydrogen-bond acceptors (Lipinski definition) is 2. The van der Waals surface area contributed by atoms with E-state index in [4.69, 9.17) is 16.7 Å². The number of aliphatic carboxylic acids is 1. The van der Waals surface area contributed by atoms with Crippen molar-refractivity contribution in [3.8, 4) is 0 Å². The number of halogens is 1. The van der Waals surface area contributed by atoms with Crippen molar-refractivity contribution in [2.75, 3.05) is 5.32 Å². The minimum Gasteiger partial charge on any atom is -0.481 e. The number of aryl methyl sites for hydroxylation is 1. The molecule has 0 radical (unpaired) electrons. The third-order valence-corrected chi connectivity index (χ3v) is 3.25. The highest BCUT2D eigenvalue weighted by Gasteiger charge is 2.26. The molecule has 0 bridgehead atoms. The summed E-state index contributed by atoms with van der Waals surface area (Å²) in [5.41, 5.74) is 1.49. The summed E-state index contributed by atoms with van der Waals surface area (Å²) >= 11 is 5.99. The van der Waals surface area contributed by atoms with E-state index in [2.05, 4.69) is 5.32 Å². The van der Waals surface area contributed by atoms with Gasteiger partial charge in [0.05, 0.1) is 16.6 Å². The van der Waals surface area contributed by atoms with Crippen molar-refractivity contribution in [2.24, 2.45) is 11.8 Å². The SMILES string of the molecule is Cc1ccc(NC(=O)C(C)C(C)C(=O)O)c(Cl)c1. The molecule has 1 amide bonds. The van der Waals surface area contributed by atoms with Crippen LogP contribution in [0.2, 0.25) is 5.02 Å². The van der Waals surface area contributed by atoms with Gasteiger partial charge in [-0.05, 0) is 24.6 Å². The molecule has 98 valence electrons. The molecule has 0 spiro atoms. The second kappa shape index (κ2) is 5.87. The van der Waals surface area contributed by atoms with Crippen LogP contribution in [0.4, 0.5) is 5.69 Å². The highest BCUT2D eigenvalue weighted by atomic mass is 35.5. The monoisotopic (exact) mass is 269 g/mol. The van der Waals surface area contributed by atoms with E-state index in [0.29, 0.717) is 10.7 Å². The predicted octanol–water partition coefficient (Wildman–Crippen LogP) is 2.94. The van der Waals surface area contributed by atoms with Gasteiger partial charge in [-0.2, -0.15) is 0 Å². The zero-order chi connectivity index (χ0) is 13.9. The van der Waals surface area contributed by atoms with Crippen molar-refractivity contribution >= 4 is 29.2 Å². The van der Waals surface area contributed by atoms with Crippen LogP contribution in [-0.2, 0) is 9.59 Å². The van der Waals surface area contributed by atoms with E-state index in [1.165, 1.54) is 6.92 Å². The zero-order valence-corrected chi connectivity index (χ0v) is 11.3. The molecule has 18 heavy (non-hydrogen) atoms. The highest BCUT2D eigenvalue weighted by Crippen LogP contribution is 2.24. The zero-order valence-electron chi connectivity index (χ0n) is 10.5. The minimum atomic E-state index is -0.993. The van der Waals surface area contributed by atoms with Crippen LogP contribution in [0.15, 0.2) is 18.2 Å². The van der Waals surface area contributed by atoms with Crippen LogP contribution in [0.1, 0.15) is 19.4 Å². The normalized spacial score (nSPS) is 13.8. The van der Waals surface area contributed by atoms with Gasteiger partial charge in [-0.1, -0.05) is 31.5 Å². The number of carbonyl (C=O) groups is 2. The van der Waals surface area contributed by atoms with Gasteiger partial charge in [0, 0.05) is 5.92 Å². The summed E-state index contributed by atoms with van der Waals surface area (Å²) in [5.74, 6) is -2.71. The average Bonchev–Trinajstić information content (AvgIpc) is 2.30. The van der Waals surface area contributed by atoms with Gasteiger partial charge in [-0.3, -0.25) is 9.59 Å². The molecule has 1 aromatic rings. The number of carbonyl (C=O) groups excluding carboxylic acids is 1. The molecule has 0 aliphatic rings. The fraction of sp³-hybridized carbons (Fsp3) is 0.385. The maximum absolute atomic E-state index is 11.9. The molecule has 2 atom stereocenters. The Morgan fingerprint density at radius 2 is 1.89 bits per heavy atom. The van der Waals surface area contributed by atoms with Gasteiger partial charge >= 0.3 is 5.97 Å². The van der Waals surface area contributed by atoms with Crippen molar-refractivity contribution in [1.29, 1.82) is 0 Å². The largest absolute Gasteiger partial charge is 0.481 e. The third-order valence-electron chi connectivity index (χ3n) is 2.94. The molecule has 0 aliphatic carbocycles. The molecule has 4 nitrogen and oxygen atoms in total. The van der Waals surface area contributed by atoms with Gasteiger partial charge in [0.1, 0.15) is 0 Å². The predicted molar refractivity (Wildman–Crippen MR) is 70.8 cm³/mol. The summed E-state index contributed by atoms with van der Waals surface area (Å²) in [6, 6.07) is 5.27. The molecular formula is C13H16ClNO3. The first-order chi connectivity index (χ1) is 8.32. The lowest BCUT2D eigenvalue weighted by atomic mass is 9.95. The number of anilines is 1. The quantitative estimate of drug-likeness (QED) is 0.883. The molecule has 0 saturated heterocycles. The van der Waals surface area contributed by atoms with Gasteiger partial charge in [0.25, 0.3) is 0 Å². The number of carboxylic acids is 1. The molecule has 1 rings (SSSR count). The third kappa shape index (κ3) is 3.47. The summed E-state index contributed by atoms with van der Waals surface area (Å²) in [6.45, 7) is 4.98. The van der Waals surface area contributed by atoms with Crippen molar-refractivity contribution in [1.82, 2.24) is 0 Å². The fourth-order valence-corrected chi connectivity index (χ4v) is 1.69. The Bertz CT molecular complexity index is 473. The maximum Gasteiger partial charge on any atom is 0.307 e. The van der Waals surface area contributed by atoms with Crippen molar-refractivity contribution in [2.45, 2.75) is 20.8 Å². The van der Waals surface area contributed by atoms with Crippen LogP contribution in [0.3, 0.4) is 0 Å². The van der Waals surface area contributed by atoms with Gasteiger partial charge < -0.3 is 10.4 Å². The van der Waals surface area contributed by atoms with Crippen molar-refractivity contribution < 1.29 is 14.7 Å². The summed E-state index contributed by atoms with van der Waals surface area (Å²) in [5, 5.41) is 11.9. The number of carboxylic acid groups (broad SMARTS) is 1. The Morgan fingerprint density at radius 3 is 2.39 bits per heavy atom. The first-order valence-electron chi connectivity index (χ1n) is 5.62. The molecule has 0 heterocycles. The first-order valence-corrected chi connectivity index (χ1v) is 6.00. The average molecular weight is 270 g/mol. The van der Waals surface area contributed by atoms with Crippen molar-refractivity contribution in [3.63, 3.8) is 0 Å². The van der Waals surface area contributed by atoms with Crippen LogP contribution in [0.5, 0.6) is 0 Å². The van der Waals surface area contributed by atoms with E-state index in [0.717, 1.165) is 5.56 Å². The molecule has 1 aromatic carbocycles. The van der Waals surface area contributed by atoms with Gasteiger partial charge in [-0.15, -0.1) is 0 Å². The molecular weight excluding hydrogens is 254 g/mol. The van der Waals surface area contributed by atoms with Crippen LogP contribution in [-0.4, -0.2) is 17.0 Å². The smallest absolute Gasteiger partial charge is 0.307 e. The number of benzene rings is 1. The standard InChI is InChI=1S/C13H16ClNO3/c1-7-4-5-11(10(14)6-7)15-12(16)8(2)9(3)13(17)18/h4-6,8-9H,1-3H3,(H,15,16)(H,17,18). The number of nitrogens with one attached hydrogen (secondary N) is 1. The summed E-state index contributed by atoms with van der Waals surface area (Å²) in [6.07, 6.45) is 0. The van der Waals surface area contributed by atoms with Gasteiger partial charge in [0.15, 0.2) is 0 Å². The van der Waals surface area contributed by atoms with E-state index in [1.54, 1.807) is 19.1 Å². The van der Waals surface area contributed by atoms with Crippen LogP contribution < -0.4 is 5.32 Å². The summed E-state index contributed by atoms with van der Waals surface area (Å²) < 4.78 is 0. The first kappa shape index (κ1) is 14.5. The summed E-state index contributed by atoms with van der Waals surface area (Å²) in [7, 11) is 0. The number of amides is 1. The van der Waals surface area contributed by atoms with E-state index >= 15 is 0 Å². The van der Waals surface area contributed by atoms with Gasteiger partial charge in [-0.25, -0.2) is 0 Å². The summed E-state index contributed by atoms with van der Waals surface area (Å²) in [4.78, 5) is 22.7. The Labute approximate surface area is 111 Å². The van der Waals surface area contributed by atoms with E-state index in [9.17, 15) is 9.59 Å². The highest BCUT2D eigenvalue weighted by molar-refractivity contribution is 6.33. The second-order valence-corrected chi connectivity index (χ2v) is 4.80. The van der Waals surface area contributed by atoms with E-state index in [-0.39, 0.29) is 5.91 Å². The molecule has 2 N–H and O–H groups in total.